The third-order valence-corrected chi connectivity index (χ3v) is 6.15. The number of nitrogens with zero attached hydrogens (tertiary/aromatic N) is 6. The summed E-state index contributed by atoms with van der Waals surface area (Å²) in [7, 11) is 0. The molecule has 2 aromatic carbocycles. The van der Waals surface area contributed by atoms with Crippen LogP contribution in [0.4, 0.5) is 11.4 Å². The van der Waals surface area contributed by atoms with Gasteiger partial charge in [-0.1, -0.05) is 44.2 Å². The van der Waals surface area contributed by atoms with Crippen molar-refractivity contribution in [1.29, 1.82) is 0 Å². The Morgan fingerprint density at radius 3 is 2.39 bits per heavy atom. The number of hydrogen-bond acceptors (Lipinski definition) is 7. The fourth-order valence-electron chi connectivity index (χ4n) is 4.18. The lowest BCUT2D eigenvalue weighted by Gasteiger charge is -2.29. The molecule has 2 amide bonds. The maximum absolute atomic E-state index is 13.5. The summed E-state index contributed by atoms with van der Waals surface area (Å²) < 4.78 is 5.40. The van der Waals surface area contributed by atoms with Crippen LogP contribution >= 0.6 is 0 Å². The highest BCUT2D eigenvalue weighted by atomic mass is 16.5. The monoisotopic (exact) mass is 491 g/mol. The van der Waals surface area contributed by atoms with Crippen LogP contribution in [0.1, 0.15) is 26.8 Å². The minimum Gasteiger partial charge on any atom is -0.378 e. The number of carbonyl (C=O) groups excluding carboxylic acids is 2. The first-order valence-electron chi connectivity index (χ1n) is 12.3. The minimum atomic E-state index is -0.671. The standard InChI is InChI=1S/C26H33N7O3/c1-4-31(18-23(34)27-21-10-12-22(13-11-21)32-14-16-36-17-15-32)26(35)24(19(2)3)33-29-25(28-30-33)20-8-6-5-7-9-20/h5-13,19,24H,4,14-18H2,1-3H3,(H,27,34). The largest absolute Gasteiger partial charge is 0.378 e. The van der Waals surface area contributed by atoms with E-state index in [-0.39, 0.29) is 24.3 Å². The summed E-state index contributed by atoms with van der Waals surface area (Å²) in [6, 6.07) is 16.5. The molecule has 1 N–H and O–H groups in total. The Kier molecular flexibility index (Phi) is 8.27. The van der Waals surface area contributed by atoms with Crippen LogP contribution in [0.2, 0.25) is 0 Å². The van der Waals surface area contributed by atoms with Gasteiger partial charge in [-0.25, -0.2) is 0 Å². The summed E-state index contributed by atoms with van der Waals surface area (Å²) in [5, 5.41) is 15.7. The molecule has 1 aliphatic rings. The van der Waals surface area contributed by atoms with Gasteiger partial charge in [0.25, 0.3) is 0 Å². The van der Waals surface area contributed by atoms with Gasteiger partial charge in [0.1, 0.15) is 0 Å². The summed E-state index contributed by atoms with van der Waals surface area (Å²) in [5.74, 6) is -0.124. The summed E-state index contributed by atoms with van der Waals surface area (Å²) in [6.07, 6.45) is 0. The number of amides is 2. The van der Waals surface area contributed by atoms with Crippen LogP contribution in [0.5, 0.6) is 0 Å². The molecule has 3 aromatic rings. The molecule has 1 atom stereocenters. The average molecular weight is 492 g/mol. The first-order valence-corrected chi connectivity index (χ1v) is 12.3. The smallest absolute Gasteiger partial charge is 0.250 e. The molecular weight excluding hydrogens is 458 g/mol. The number of benzene rings is 2. The van der Waals surface area contributed by atoms with E-state index < -0.39 is 6.04 Å². The van der Waals surface area contributed by atoms with Crippen molar-refractivity contribution >= 4 is 23.2 Å². The molecule has 1 unspecified atom stereocenters. The quantitative estimate of drug-likeness (QED) is 0.491. The highest BCUT2D eigenvalue weighted by Gasteiger charge is 2.31. The Morgan fingerprint density at radius 1 is 1.06 bits per heavy atom. The lowest BCUT2D eigenvalue weighted by atomic mass is 10.0. The highest BCUT2D eigenvalue weighted by Crippen LogP contribution is 2.22. The Morgan fingerprint density at radius 2 is 1.75 bits per heavy atom. The van der Waals surface area contributed by atoms with Crippen LogP contribution in [0, 0.1) is 5.92 Å². The van der Waals surface area contributed by atoms with Crippen LogP contribution in [-0.4, -0.2) is 76.3 Å². The number of ether oxygens (including phenoxy) is 1. The lowest BCUT2D eigenvalue weighted by Crippen LogP contribution is -2.43. The number of hydrogen-bond donors (Lipinski definition) is 1. The number of tetrazole rings is 1. The van der Waals surface area contributed by atoms with Crippen molar-refractivity contribution in [2.24, 2.45) is 5.92 Å². The molecule has 190 valence electrons. The van der Waals surface area contributed by atoms with Crippen molar-refractivity contribution in [1.82, 2.24) is 25.1 Å². The van der Waals surface area contributed by atoms with E-state index in [1.165, 1.54) is 9.70 Å². The van der Waals surface area contributed by atoms with Gasteiger partial charge in [-0.2, -0.15) is 4.80 Å². The maximum Gasteiger partial charge on any atom is 0.250 e. The van der Waals surface area contributed by atoms with Gasteiger partial charge in [0, 0.05) is 36.6 Å². The lowest BCUT2D eigenvalue weighted by molar-refractivity contribution is -0.139. The summed E-state index contributed by atoms with van der Waals surface area (Å²) in [6.45, 7) is 9.16. The number of likely N-dealkylation sites (N-methyl/N-ethyl adjacent to an activating group) is 1. The molecule has 1 fully saturated rings. The molecule has 0 bridgehead atoms. The van der Waals surface area contributed by atoms with Crippen molar-refractivity contribution in [3.8, 4) is 11.4 Å². The molecule has 36 heavy (non-hydrogen) atoms. The number of nitrogens with one attached hydrogen (secondary N) is 1. The number of carbonyl (C=O) groups is 2. The molecule has 1 aliphatic heterocycles. The molecule has 10 nitrogen and oxygen atoms in total. The van der Waals surface area contributed by atoms with Crippen LogP contribution in [0.25, 0.3) is 11.4 Å². The maximum atomic E-state index is 13.5. The molecular formula is C26H33N7O3. The topological polar surface area (TPSA) is 105 Å². The van der Waals surface area contributed by atoms with Crippen molar-refractivity contribution in [3.05, 3.63) is 54.6 Å². The van der Waals surface area contributed by atoms with E-state index in [0.29, 0.717) is 31.3 Å². The average Bonchev–Trinajstić information content (AvgIpc) is 3.38. The van der Waals surface area contributed by atoms with Crippen LogP contribution in [0.3, 0.4) is 0 Å². The summed E-state index contributed by atoms with van der Waals surface area (Å²) in [5.41, 5.74) is 2.60. The number of rotatable bonds is 9. The molecule has 0 aliphatic carbocycles. The Balaban J connectivity index is 1.40. The van der Waals surface area contributed by atoms with E-state index in [9.17, 15) is 9.59 Å². The zero-order valence-corrected chi connectivity index (χ0v) is 21.0. The predicted molar refractivity (Wildman–Crippen MR) is 137 cm³/mol. The number of aromatic nitrogens is 4. The van der Waals surface area contributed by atoms with Crippen molar-refractivity contribution in [2.75, 3.05) is 49.6 Å². The summed E-state index contributed by atoms with van der Waals surface area (Å²) >= 11 is 0. The first-order chi connectivity index (χ1) is 17.5. The molecule has 10 heteroatoms. The molecule has 1 saturated heterocycles. The Bertz CT molecular complexity index is 1140. The Labute approximate surface area is 211 Å². The van der Waals surface area contributed by atoms with Crippen molar-refractivity contribution in [3.63, 3.8) is 0 Å². The normalized spacial score (nSPS) is 14.5. The van der Waals surface area contributed by atoms with Gasteiger partial charge in [-0.05, 0) is 42.3 Å². The van der Waals surface area contributed by atoms with Crippen LogP contribution < -0.4 is 10.2 Å². The second kappa shape index (κ2) is 11.8. The fourth-order valence-corrected chi connectivity index (χ4v) is 4.18. The van der Waals surface area contributed by atoms with Gasteiger partial charge in [0.15, 0.2) is 6.04 Å². The van der Waals surface area contributed by atoms with Gasteiger partial charge < -0.3 is 19.9 Å². The number of morpholine rings is 1. The molecule has 0 saturated carbocycles. The second-order valence-electron chi connectivity index (χ2n) is 9.04. The minimum absolute atomic E-state index is 0.0655. The second-order valence-corrected chi connectivity index (χ2v) is 9.04. The Hall–Kier alpha value is -3.79. The van der Waals surface area contributed by atoms with Gasteiger partial charge >= 0.3 is 0 Å². The molecule has 4 rings (SSSR count). The van der Waals surface area contributed by atoms with Gasteiger partial charge in [-0.15, -0.1) is 10.2 Å². The van der Waals surface area contributed by atoms with E-state index in [0.717, 1.165) is 24.3 Å². The van der Waals surface area contributed by atoms with E-state index in [4.69, 9.17) is 4.74 Å². The third-order valence-electron chi connectivity index (χ3n) is 6.15. The van der Waals surface area contributed by atoms with E-state index >= 15 is 0 Å². The molecule has 2 heterocycles. The van der Waals surface area contributed by atoms with Gasteiger partial charge in [0.2, 0.25) is 17.6 Å². The van der Waals surface area contributed by atoms with E-state index in [2.05, 4.69) is 25.6 Å². The number of anilines is 2. The zero-order valence-electron chi connectivity index (χ0n) is 21.0. The SMILES string of the molecule is CCN(CC(=O)Nc1ccc(N2CCOCC2)cc1)C(=O)C(C(C)C)n1nnc(-c2ccccc2)n1. The zero-order chi connectivity index (χ0) is 25.5. The van der Waals surface area contributed by atoms with E-state index in [1.54, 1.807) is 0 Å². The predicted octanol–water partition coefficient (Wildman–Crippen LogP) is 2.86. The molecule has 1 aromatic heterocycles. The van der Waals surface area contributed by atoms with Crippen molar-refractivity contribution < 1.29 is 14.3 Å². The third kappa shape index (κ3) is 6.06. The van der Waals surface area contributed by atoms with Gasteiger partial charge in [-0.3, -0.25) is 9.59 Å². The highest BCUT2D eigenvalue weighted by molar-refractivity contribution is 5.95. The first kappa shape index (κ1) is 25.3. The molecule has 0 radical (unpaired) electrons. The van der Waals surface area contributed by atoms with Gasteiger partial charge in [0.05, 0.1) is 19.8 Å². The summed E-state index contributed by atoms with van der Waals surface area (Å²) in [4.78, 5) is 31.4. The van der Waals surface area contributed by atoms with Crippen molar-refractivity contribution in [2.45, 2.75) is 26.8 Å². The van der Waals surface area contributed by atoms with Crippen LogP contribution in [-0.2, 0) is 14.3 Å². The molecule has 0 spiro atoms. The van der Waals surface area contributed by atoms with Crippen LogP contribution in [0.15, 0.2) is 54.6 Å². The van der Waals surface area contributed by atoms with E-state index in [1.807, 2.05) is 75.4 Å². The fraction of sp³-hybridized carbons (Fsp3) is 0.423.